The van der Waals surface area contributed by atoms with E-state index >= 15 is 0 Å². The highest BCUT2D eigenvalue weighted by Crippen LogP contribution is 2.17. The molecular formula is C16H25F3N4O. The van der Waals surface area contributed by atoms with Gasteiger partial charge in [0.05, 0.1) is 0 Å². The fraction of sp³-hybridized carbons (Fsp3) is 0.625. The maximum atomic E-state index is 12.1. The molecule has 24 heavy (non-hydrogen) atoms. The van der Waals surface area contributed by atoms with Gasteiger partial charge >= 0.3 is 6.18 Å². The van der Waals surface area contributed by atoms with Gasteiger partial charge < -0.3 is 15.4 Å². The largest absolute Gasteiger partial charge is 0.468 e. The molecule has 0 fully saturated rings. The second-order valence-electron chi connectivity index (χ2n) is 5.40. The number of rotatable bonds is 8. The molecular weight excluding hydrogens is 321 g/mol. The Morgan fingerprint density at radius 3 is 2.46 bits per heavy atom. The number of halogens is 3. The van der Waals surface area contributed by atoms with Gasteiger partial charge in [0.25, 0.3) is 0 Å². The van der Waals surface area contributed by atoms with Gasteiger partial charge in [-0.2, -0.15) is 13.2 Å². The molecule has 0 bridgehead atoms. The fourth-order valence-electron chi connectivity index (χ4n) is 1.98. The number of ether oxygens (including phenoxy) is 1. The van der Waals surface area contributed by atoms with E-state index in [9.17, 15) is 13.2 Å². The Morgan fingerprint density at radius 2 is 1.96 bits per heavy atom. The second-order valence-corrected chi connectivity index (χ2v) is 5.40. The molecule has 8 heteroatoms. The number of alkyl halides is 3. The number of nitrogens with one attached hydrogen (secondary N) is 2. The van der Waals surface area contributed by atoms with Crippen LogP contribution in [-0.4, -0.2) is 37.3 Å². The molecule has 136 valence electrons. The third-order valence-electron chi connectivity index (χ3n) is 3.58. The van der Waals surface area contributed by atoms with Gasteiger partial charge in [-0.05, 0) is 11.5 Å². The van der Waals surface area contributed by atoms with Crippen molar-refractivity contribution in [3.05, 3.63) is 23.9 Å². The van der Waals surface area contributed by atoms with Gasteiger partial charge in [0, 0.05) is 32.4 Å². The second kappa shape index (κ2) is 10.00. The molecule has 0 aliphatic heterocycles. The topological polar surface area (TPSA) is 58.5 Å². The number of aliphatic imine (C=N–C) groups is 1. The quantitative estimate of drug-likeness (QED) is 0.561. The van der Waals surface area contributed by atoms with Gasteiger partial charge in [0.2, 0.25) is 5.88 Å². The number of aromatic nitrogens is 1. The first-order valence-corrected chi connectivity index (χ1v) is 7.96. The first-order valence-electron chi connectivity index (χ1n) is 7.96. The zero-order chi connectivity index (χ0) is 18.0. The van der Waals surface area contributed by atoms with Gasteiger partial charge in [0.1, 0.15) is 0 Å². The Hall–Kier alpha value is -1.99. The molecule has 5 nitrogen and oxygen atoms in total. The average molecular weight is 346 g/mol. The zero-order valence-corrected chi connectivity index (χ0v) is 14.3. The van der Waals surface area contributed by atoms with Crippen LogP contribution in [0.3, 0.4) is 0 Å². The van der Waals surface area contributed by atoms with Crippen LogP contribution in [0.1, 0.15) is 32.3 Å². The number of guanidine groups is 1. The van der Waals surface area contributed by atoms with E-state index in [1.807, 2.05) is 0 Å². The lowest BCUT2D eigenvalue weighted by Gasteiger charge is -2.16. The molecule has 0 amide bonds. The summed E-state index contributed by atoms with van der Waals surface area (Å²) in [5.41, 5.74) is 0.819. The van der Waals surface area contributed by atoms with E-state index in [1.54, 1.807) is 13.1 Å². The summed E-state index contributed by atoms with van der Waals surface area (Å²) >= 11 is 0. The molecule has 0 unspecified atom stereocenters. The van der Waals surface area contributed by atoms with Crippen molar-refractivity contribution >= 4 is 5.96 Å². The van der Waals surface area contributed by atoms with Crippen molar-refractivity contribution in [2.75, 3.05) is 20.2 Å². The zero-order valence-electron chi connectivity index (χ0n) is 14.3. The summed E-state index contributed by atoms with van der Waals surface area (Å²) in [7, 11) is 1.69. The molecule has 1 aromatic rings. The van der Waals surface area contributed by atoms with Gasteiger partial charge in [-0.25, -0.2) is 4.98 Å². The van der Waals surface area contributed by atoms with E-state index < -0.39 is 12.8 Å². The van der Waals surface area contributed by atoms with Gasteiger partial charge in [-0.1, -0.05) is 32.8 Å². The van der Waals surface area contributed by atoms with Crippen LogP contribution in [-0.2, 0) is 6.54 Å². The molecule has 0 aromatic carbocycles. The molecule has 0 aliphatic rings. The predicted octanol–water partition coefficient (Wildman–Crippen LogP) is 3.12. The smallest absolute Gasteiger partial charge is 0.422 e. The minimum atomic E-state index is -4.37. The minimum absolute atomic E-state index is 0.0488. The summed E-state index contributed by atoms with van der Waals surface area (Å²) < 4.78 is 40.8. The lowest BCUT2D eigenvalue weighted by atomic mass is 10.0. The molecule has 1 heterocycles. The summed E-state index contributed by atoms with van der Waals surface area (Å²) in [6.07, 6.45) is -0.685. The van der Waals surface area contributed by atoms with E-state index in [4.69, 9.17) is 0 Å². The molecule has 0 saturated heterocycles. The van der Waals surface area contributed by atoms with Crippen molar-refractivity contribution in [3.8, 4) is 5.88 Å². The predicted molar refractivity (Wildman–Crippen MR) is 88.1 cm³/mol. The SMILES string of the molecule is CCC(CC)CNC(=NC)NCc1ccc(OCC(F)(F)F)nc1. The Bertz CT molecular complexity index is 499. The lowest BCUT2D eigenvalue weighted by molar-refractivity contribution is -0.154. The number of nitrogens with zero attached hydrogens (tertiary/aromatic N) is 2. The first-order chi connectivity index (χ1) is 11.4. The summed E-state index contributed by atoms with van der Waals surface area (Å²) in [6, 6.07) is 3.09. The van der Waals surface area contributed by atoms with Crippen LogP contribution in [0.2, 0.25) is 0 Å². The fourth-order valence-corrected chi connectivity index (χ4v) is 1.98. The lowest BCUT2D eigenvalue weighted by Crippen LogP contribution is -2.39. The summed E-state index contributed by atoms with van der Waals surface area (Å²) in [4.78, 5) is 8.01. The monoisotopic (exact) mass is 346 g/mol. The third kappa shape index (κ3) is 8.03. The number of hydrogen-bond donors (Lipinski definition) is 2. The van der Waals surface area contributed by atoms with Crippen LogP contribution in [0.25, 0.3) is 0 Å². The third-order valence-corrected chi connectivity index (χ3v) is 3.58. The summed E-state index contributed by atoms with van der Waals surface area (Å²) in [5, 5.41) is 6.40. The van der Waals surface area contributed by atoms with Crippen LogP contribution >= 0.6 is 0 Å². The van der Waals surface area contributed by atoms with E-state index in [-0.39, 0.29) is 5.88 Å². The normalized spacial score (nSPS) is 12.4. The van der Waals surface area contributed by atoms with E-state index in [1.165, 1.54) is 12.3 Å². The molecule has 0 aliphatic carbocycles. The van der Waals surface area contributed by atoms with Crippen LogP contribution < -0.4 is 15.4 Å². The summed E-state index contributed by atoms with van der Waals surface area (Å²) in [6.45, 7) is 4.27. The standard InChI is InChI=1S/C16H25F3N4O/c1-4-12(5-2)8-22-15(20-3)23-10-13-6-7-14(21-9-13)24-11-16(17,18)19/h6-7,9,12H,4-5,8,10-11H2,1-3H3,(H2,20,22,23). The van der Waals surface area contributed by atoms with Gasteiger partial charge in [-0.15, -0.1) is 0 Å². The summed E-state index contributed by atoms with van der Waals surface area (Å²) in [5.74, 6) is 1.22. The highest BCUT2D eigenvalue weighted by atomic mass is 19.4. The van der Waals surface area contributed by atoms with Crippen molar-refractivity contribution in [1.29, 1.82) is 0 Å². The number of hydrogen-bond acceptors (Lipinski definition) is 3. The van der Waals surface area contributed by atoms with Crippen LogP contribution in [0.15, 0.2) is 23.3 Å². The van der Waals surface area contributed by atoms with Crippen molar-refractivity contribution < 1.29 is 17.9 Å². The van der Waals surface area contributed by atoms with Crippen LogP contribution in [0, 0.1) is 5.92 Å². The van der Waals surface area contributed by atoms with Crippen molar-refractivity contribution in [3.63, 3.8) is 0 Å². The van der Waals surface area contributed by atoms with Crippen molar-refractivity contribution in [1.82, 2.24) is 15.6 Å². The minimum Gasteiger partial charge on any atom is -0.468 e. The Balaban J connectivity index is 2.43. The maximum absolute atomic E-state index is 12.1. The van der Waals surface area contributed by atoms with E-state index in [2.05, 4.69) is 39.2 Å². The molecule has 1 aromatic heterocycles. The Kier molecular flexibility index (Phi) is 8.35. The number of pyridine rings is 1. The molecule has 0 spiro atoms. The molecule has 1 rings (SSSR count). The first kappa shape index (κ1) is 20.1. The molecule has 2 N–H and O–H groups in total. The van der Waals surface area contributed by atoms with Crippen LogP contribution in [0.5, 0.6) is 5.88 Å². The van der Waals surface area contributed by atoms with E-state index in [0.29, 0.717) is 18.4 Å². The highest BCUT2D eigenvalue weighted by molar-refractivity contribution is 5.79. The van der Waals surface area contributed by atoms with E-state index in [0.717, 1.165) is 24.9 Å². The van der Waals surface area contributed by atoms with Crippen molar-refractivity contribution in [2.24, 2.45) is 10.9 Å². The molecule has 0 radical (unpaired) electrons. The van der Waals surface area contributed by atoms with Gasteiger partial charge in [0.15, 0.2) is 12.6 Å². The highest BCUT2D eigenvalue weighted by Gasteiger charge is 2.28. The Morgan fingerprint density at radius 1 is 1.25 bits per heavy atom. The maximum Gasteiger partial charge on any atom is 0.422 e. The average Bonchev–Trinajstić information content (AvgIpc) is 2.56. The Labute approximate surface area is 140 Å². The van der Waals surface area contributed by atoms with Crippen molar-refractivity contribution in [2.45, 2.75) is 39.4 Å². The molecule has 0 atom stereocenters. The van der Waals surface area contributed by atoms with Crippen LogP contribution in [0.4, 0.5) is 13.2 Å². The van der Waals surface area contributed by atoms with Gasteiger partial charge in [-0.3, -0.25) is 4.99 Å². The molecule has 0 saturated carbocycles.